The Morgan fingerprint density at radius 2 is 1.58 bits per heavy atom. The molecule has 0 fully saturated rings. The fourth-order valence-corrected chi connectivity index (χ4v) is 3.47. The van der Waals surface area contributed by atoms with E-state index in [0.717, 1.165) is 30.0 Å². The Bertz CT molecular complexity index is 849. The summed E-state index contributed by atoms with van der Waals surface area (Å²) in [6, 6.07) is 26.6. The first kappa shape index (κ1) is 16.8. The molecule has 3 aromatic rings. The second kappa shape index (κ2) is 7.73. The minimum Gasteiger partial charge on any atom is -0.489 e. The van der Waals surface area contributed by atoms with Gasteiger partial charge in [-0.3, -0.25) is 4.90 Å². The molecule has 3 nitrogen and oxygen atoms in total. The maximum Gasteiger partial charge on any atom is 0.120 e. The van der Waals surface area contributed by atoms with E-state index in [2.05, 4.69) is 47.4 Å². The summed E-state index contributed by atoms with van der Waals surface area (Å²) in [5.74, 6) is 0.808. The van der Waals surface area contributed by atoms with E-state index in [4.69, 9.17) is 4.74 Å². The molecule has 132 valence electrons. The van der Waals surface area contributed by atoms with Crippen LogP contribution in [0, 0.1) is 0 Å². The predicted octanol–water partition coefficient (Wildman–Crippen LogP) is 4.31. The molecule has 3 heteroatoms. The number of benzene rings is 3. The van der Waals surface area contributed by atoms with Gasteiger partial charge in [-0.2, -0.15) is 0 Å². The molecule has 1 unspecified atom stereocenters. The largest absolute Gasteiger partial charge is 0.489 e. The number of fused-ring (bicyclic) bond motifs is 1. The number of hydrogen-bond acceptors (Lipinski definition) is 3. The molecule has 0 aliphatic carbocycles. The van der Waals surface area contributed by atoms with E-state index in [9.17, 15) is 5.11 Å². The van der Waals surface area contributed by atoms with Crippen LogP contribution < -0.4 is 4.74 Å². The Kier molecular flexibility index (Phi) is 5.00. The van der Waals surface area contributed by atoms with Crippen molar-refractivity contribution in [3.05, 3.63) is 101 Å². The van der Waals surface area contributed by atoms with Crippen LogP contribution in [0.2, 0.25) is 0 Å². The molecule has 4 rings (SSSR count). The van der Waals surface area contributed by atoms with Crippen LogP contribution in [-0.4, -0.2) is 16.6 Å². The average Bonchev–Trinajstić information content (AvgIpc) is 2.68. The molecule has 1 aliphatic rings. The van der Waals surface area contributed by atoms with Crippen LogP contribution in [0.5, 0.6) is 5.75 Å². The van der Waals surface area contributed by atoms with Crippen LogP contribution in [0.1, 0.15) is 28.4 Å². The van der Waals surface area contributed by atoms with Crippen LogP contribution in [0.3, 0.4) is 0 Å². The van der Waals surface area contributed by atoms with Crippen molar-refractivity contribution in [2.24, 2.45) is 0 Å². The zero-order chi connectivity index (χ0) is 17.8. The molecule has 0 saturated carbocycles. The molecule has 1 aliphatic heterocycles. The molecule has 0 spiro atoms. The highest BCUT2D eigenvalue weighted by Crippen LogP contribution is 2.31. The molecular formula is C23H23NO2. The van der Waals surface area contributed by atoms with Gasteiger partial charge < -0.3 is 9.84 Å². The number of hydrogen-bond donors (Lipinski definition) is 1. The molecule has 0 bridgehead atoms. The second-order valence-corrected chi connectivity index (χ2v) is 6.81. The molecule has 0 saturated heterocycles. The summed E-state index contributed by atoms with van der Waals surface area (Å²) < 4.78 is 5.90. The van der Waals surface area contributed by atoms with Gasteiger partial charge in [-0.1, -0.05) is 66.7 Å². The molecule has 26 heavy (non-hydrogen) atoms. The Morgan fingerprint density at radius 3 is 2.31 bits per heavy atom. The molecule has 1 heterocycles. The topological polar surface area (TPSA) is 32.7 Å². The number of aliphatic hydroxyl groups is 1. The summed E-state index contributed by atoms with van der Waals surface area (Å²) in [7, 11) is 0. The molecule has 1 atom stereocenters. The highest BCUT2D eigenvalue weighted by atomic mass is 16.5. The molecule has 0 radical (unpaired) electrons. The molecule has 0 amide bonds. The third-order valence-corrected chi connectivity index (χ3v) is 4.80. The van der Waals surface area contributed by atoms with Crippen molar-refractivity contribution < 1.29 is 9.84 Å². The van der Waals surface area contributed by atoms with Crippen molar-refractivity contribution in [3.8, 4) is 5.75 Å². The standard InChI is InChI=1S/C23H23NO2/c25-23-16-24(14-18-7-3-1-4-8-18)15-20-11-12-21(13-22(20)23)26-17-19-9-5-2-6-10-19/h1-13,23,25H,14-17H2. The number of ether oxygens (including phenoxy) is 1. The van der Waals surface area contributed by atoms with E-state index in [1.807, 2.05) is 36.4 Å². The lowest BCUT2D eigenvalue weighted by Gasteiger charge is -2.32. The predicted molar refractivity (Wildman–Crippen MR) is 103 cm³/mol. The van der Waals surface area contributed by atoms with Gasteiger partial charge in [0.25, 0.3) is 0 Å². The number of rotatable bonds is 5. The van der Waals surface area contributed by atoms with Gasteiger partial charge in [0, 0.05) is 19.6 Å². The summed E-state index contributed by atoms with van der Waals surface area (Å²) in [6.07, 6.45) is -0.484. The molecule has 1 N–H and O–H groups in total. The first-order chi connectivity index (χ1) is 12.8. The SMILES string of the molecule is OC1CN(Cc2ccccc2)Cc2ccc(OCc3ccccc3)cc21. The van der Waals surface area contributed by atoms with E-state index in [1.165, 1.54) is 11.1 Å². The van der Waals surface area contributed by atoms with Crippen LogP contribution in [-0.2, 0) is 19.7 Å². The van der Waals surface area contributed by atoms with E-state index >= 15 is 0 Å². The lowest BCUT2D eigenvalue weighted by atomic mass is 9.96. The first-order valence-corrected chi connectivity index (χ1v) is 9.02. The first-order valence-electron chi connectivity index (χ1n) is 9.02. The number of aliphatic hydroxyl groups excluding tert-OH is 1. The smallest absolute Gasteiger partial charge is 0.120 e. The number of β-amino-alcohol motifs (C(OH)–C–C–N with tert-alkyl or cyclic N) is 1. The van der Waals surface area contributed by atoms with Crippen LogP contribution in [0.15, 0.2) is 78.9 Å². The summed E-state index contributed by atoms with van der Waals surface area (Å²) >= 11 is 0. The van der Waals surface area contributed by atoms with Crippen molar-refractivity contribution in [3.63, 3.8) is 0 Å². The Labute approximate surface area is 154 Å². The lowest BCUT2D eigenvalue weighted by molar-refractivity contribution is 0.0878. The minimum absolute atomic E-state index is 0.484. The van der Waals surface area contributed by atoms with Gasteiger partial charge >= 0.3 is 0 Å². The summed E-state index contributed by atoms with van der Waals surface area (Å²) in [4.78, 5) is 2.28. The normalized spacial score (nSPS) is 16.9. The molecular weight excluding hydrogens is 322 g/mol. The number of nitrogens with zero attached hydrogens (tertiary/aromatic N) is 1. The van der Waals surface area contributed by atoms with Crippen molar-refractivity contribution in [2.45, 2.75) is 25.8 Å². The summed E-state index contributed by atoms with van der Waals surface area (Å²) in [5.41, 5.74) is 4.57. The monoisotopic (exact) mass is 345 g/mol. The van der Waals surface area contributed by atoms with E-state index in [-0.39, 0.29) is 0 Å². The fraction of sp³-hybridized carbons (Fsp3) is 0.217. The van der Waals surface area contributed by atoms with Crippen molar-refractivity contribution >= 4 is 0 Å². The van der Waals surface area contributed by atoms with Crippen molar-refractivity contribution in [1.29, 1.82) is 0 Å². The maximum absolute atomic E-state index is 10.6. The van der Waals surface area contributed by atoms with Gasteiger partial charge in [0.2, 0.25) is 0 Å². The minimum atomic E-state index is -0.484. The second-order valence-electron chi connectivity index (χ2n) is 6.81. The highest BCUT2D eigenvalue weighted by Gasteiger charge is 2.24. The van der Waals surface area contributed by atoms with Crippen LogP contribution in [0.4, 0.5) is 0 Å². The van der Waals surface area contributed by atoms with Crippen LogP contribution >= 0.6 is 0 Å². The Morgan fingerprint density at radius 1 is 0.885 bits per heavy atom. The maximum atomic E-state index is 10.6. The Hall–Kier alpha value is -2.62. The van der Waals surface area contributed by atoms with Crippen molar-refractivity contribution in [1.82, 2.24) is 4.90 Å². The zero-order valence-electron chi connectivity index (χ0n) is 14.7. The van der Waals surface area contributed by atoms with E-state index in [1.54, 1.807) is 0 Å². The van der Waals surface area contributed by atoms with Gasteiger partial charge in [-0.25, -0.2) is 0 Å². The average molecular weight is 345 g/mol. The Balaban J connectivity index is 1.44. The van der Waals surface area contributed by atoms with Gasteiger partial charge in [0.15, 0.2) is 0 Å². The van der Waals surface area contributed by atoms with Gasteiger partial charge in [0.05, 0.1) is 6.10 Å². The van der Waals surface area contributed by atoms with Crippen LogP contribution in [0.25, 0.3) is 0 Å². The third-order valence-electron chi connectivity index (χ3n) is 4.80. The lowest BCUT2D eigenvalue weighted by Crippen LogP contribution is -2.33. The summed E-state index contributed by atoms with van der Waals surface area (Å²) in [6.45, 7) is 2.88. The van der Waals surface area contributed by atoms with Gasteiger partial charge in [-0.05, 0) is 34.4 Å². The summed E-state index contributed by atoms with van der Waals surface area (Å²) in [5, 5.41) is 10.6. The third kappa shape index (κ3) is 3.96. The van der Waals surface area contributed by atoms with E-state index in [0.29, 0.717) is 13.2 Å². The zero-order valence-corrected chi connectivity index (χ0v) is 14.7. The molecule has 3 aromatic carbocycles. The quantitative estimate of drug-likeness (QED) is 0.748. The van der Waals surface area contributed by atoms with Gasteiger partial charge in [-0.15, -0.1) is 0 Å². The fourth-order valence-electron chi connectivity index (χ4n) is 3.47. The van der Waals surface area contributed by atoms with Crippen molar-refractivity contribution in [2.75, 3.05) is 6.54 Å². The highest BCUT2D eigenvalue weighted by molar-refractivity contribution is 5.39. The van der Waals surface area contributed by atoms with E-state index < -0.39 is 6.10 Å². The molecule has 0 aromatic heterocycles. The van der Waals surface area contributed by atoms with Gasteiger partial charge in [0.1, 0.15) is 12.4 Å².